The van der Waals surface area contributed by atoms with Crippen LogP contribution in [-0.2, 0) is 0 Å². The minimum atomic E-state index is -0.163. The van der Waals surface area contributed by atoms with Gasteiger partial charge in [-0.15, -0.1) is 0 Å². The van der Waals surface area contributed by atoms with Gasteiger partial charge in [0.15, 0.2) is 0 Å². The van der Waals surface area contributed by atoms with Crippen molar-refractivity contribution >= 4 is 11.6 Å². The molecule has 0 fully saturated rings. The van der Waals surface area contributed by atoms with Gasteiger partial charge < -0.3 is 14.8 Å². The minimum Gasteiger partial charge on any atom is -0.494 e. The van der Waals surface area contributed by atoms with E-state index in [2.05, 4.69) is 19.2 Å². The molecule has 4 nitrogen and oxygen atoms in total. The van der Waals surface area contributed by atoms with Crippen LogP contribution < -0.4 is 14.8 Å². The van der Waals surface area contributed by atoms with Crippen LogP contribution in [0.2, 0.25) is 0 Å². The van der Waals surface area contributed by atoms with Gasteiger partial charge in [-0.05, 0) is 43.2 Å². The summed E-state index contributed by atoms with van der Waals surface area (Å²) in [5.74, 6) is 1.31. The van der Waals surface area contributed by atoms with Crippen LogP contribution in [0.1, 0.15) is 43.5 Å². The summed E-state index contributed by atoms with van der Waals surface area (Å²) in [6.45, 7) is 5.50. The highest BCUT2D eigenvalue weighted by atomic mass is 16.5. The number of unbranched alkanes of at least 4 members (excludes halogenated alkanes) is 1. The van der Waals surface area contributed by atoms with Gasteiger partial charge in [0, 0.05) is 17.3 Å². The van der Waals surface area contributed by atoms with E-state index in [-0.39, 0.29) is 5.91 Å². The van der Waals surface area contributed by atoms with Crippen LogP contribution in [0.25, 0.3) is 0 Å². The summed E-state index contributed by atoms with van der Waals surface area (Å²) in [7, 11) is 0. The summed E-state index contributed by atoms with van der Waals surface area (Å²) < 4.78 is 11.2. The fraction of sp³-hybridized carbons (Fsp3) is 0.350. The van der Waals surface area contributed by atoms with Crippen LogP contribution in [-0.4, -0.2) is 19.1 Å². The van der Waals surface area contributed by atoms with E-state index in [9.17, 15) is 4.79 Å². The van der Waals surface area contributed by atoms with Crippen molar-refractivity contribution in [2.24, 2.45) is 0 Å². The van der Waals surface area contributed by atoms with E-state index in [4.69, 9.17) is 9.47 Å². The standard InChI is InChI=1S/C20H25NO3/c1-3-5-13-24-18-10-6-8-16(14-18)20(22)21-17-9-7-11-19(15-17)23-12-4-2/h6-11,14-15H,3-5,12-13H2,1-2H3,(H,21,22). The van der Waals surface area contributed by atoms with Gasteiger partial charge in [0.2, 0.25) is 0 Å². The summed E-state index contributed by atoms with van der Waals surface area (Å²) in [6, 6.07) is 14.7. The maximum atomic E-state index is 12.4. The van der Waals surface area contributed by atoms with Crippen molar-refractivity contribution in [3.63, 3.8) is 0 Å². The van der Waals surface area contributed by atoms with Gasteiger partial charge in [0.1, 0.15) is 11.5 Å². The normalized spacial score (nSPS) is 10.2. The molecule has 1 N–H and O–H groups in total. The summed E-state index contributed by atoms with van der Waals surface area (Å²) in [5.41, 5.74) is 1.29. The van der Waals surface area contributed by atoms with Crippen molar-refractivity contribution in [3.05, 3.63) is 54.1 Å². The third-order valence-electron chi connectivity index (χ3n) is 3.43. The summed E-state index contributed by atoms with van der Waals surface area (Å²) >= 11 is 0. The first-order valence-electron chi connectivity index (χ1n) is 8.50. The Balaban J connectivity index is 2.00. The van der Waals surface area contributed by atoms with Crippen molar-refractivity contribution in [1.29, 1.82) is 0 Å². The molecule has 0 aliphatic heterocycles. The van der Waals surface area contributed by atoms with Crippen LogP contribution in [0.5, 0.6) is 11.5 Å². The summed E-state index contributed by atoms with van der Waals surface area (Å²) in [4.78, 5) is 12.4. The molecule has 0 aliphatic rings. The molecule has 0 saturated heterocycles. The Morgan fingerprint density at radius 2 is 1.62 bits per heavy atom. The van der Waals surface area contributed by atoms with E-state index in [1.807, 2.05) is 36.4 Å². The Morgan fingerprint density at radius 3 is 2.38 bits per heavy atom. The Morgan fingerprint density at radius 1 is 0.917 bits per heavy atom. The van der Waals surface area contributed by atoms with Crippen LogP contribution >= 0.6 is 0 Å². The third-order valence-corrected chi connectivity index (χ3v) is 3.43. The molecule has 4 heteroatoms. The van der Waals surface area contributed by atoms with E-state index in [0.717, 1.165) is 30.8 Å². The molecule has 2 aromatic carbocycles. The number of carbonyl (C=O) groups is 1. The highest BCUT2D eigenvalue weighted by Crippen LogP contribution is 2.19. The van der Waals surface area contributed by atoms with E-state index in [1.165, 1.54) is 0 Å². The molecule has 0 aromatic heterocycles. The number of benzene rings is 2. The highest BCUT2D eigenvalue weighted by molar-refractivity contribution is 6.04. The quantitative estimate of drug-likeness (QED) is 0.666. The maximum Gasteiger partial charge on any atom is 0.255 e. The zero-order valence-corrected chi connectivity index (χ0v) is 14.4. The van der Waals surface area contributed by atoms with Gasteiger partial charge in [-0.3, -0.25) is 4.79 Å². The highest BCUT2D eigenvalue weighted by Gasteiger charge is 2.08. The number of hydrogen-bond donors (Lipinski definition) is 1. The molecule has 0 heterocycles. The zero-order valence-electron chi connectivity index (χ0n) is 14.4. The number of anilines is 1. The monoisotopic (exact) mass is 327 g/mol. The van der Waals surface area contributed by atoms with Crippen molar-refractivity contribution in [2.45, 2.75) is 33.1 Å². The topological polar surface area (TPSA) is 47.6 Å². The molecule has 0 atom stereocenters. The van der Waals surface area contributed by atoms with Crippen molar-refractivity contribution < 1.29 is 14.3 Å². The predicted molar refractivity (Wildman–Crippen MR) is 97.0 cm³/mol. The number of amides is 1. The molecular weight excluding hydrogens is 302 g/mol. The molecule has 128 valence electrons. The van der Waals surface area contributed by atoms with Crippen LogP contribution in [0, 0.1) is 0 Å². The van der Waals surface area contributed by atoms with E-state index >= 15 is 0 Å². The largest absolute Gasteiger partial charge is 0.494 e. The fourth-order valence-electron chi connectivity index (χ4n) is 2.15. The molecule has 0 unspecified atom stereocenters. The Kier molecular flexibility index (Phi) is 7.15. The molecule has 24 heavy (non-hydrogen) atoms. The molecule has 2 aromatic rings. The van der Waals surface area contributed by atoms with Gasteiger partial charge in [-0.2, -0.15) is 0 Å². The van der Waals surface area contributed by atoms with Gasteiger partial charge in [0.05, 0.1) is 13.2 Å². The molecule has 0 radical (unpaired) electrons. The first-order chi connectivity index (χ1) is 11.7. The average molecular weight is 327 g/mol. The minimum absolute atomic E-state index is 0.163. The number of rotatable bonds is 9. The number of nitrogens with one attached hydrogen (secondary N) is 1. The summed E-state index contributed by atoms with van der Waals surface area (Å²) in [6.07, 6.45) is 3.03. The second-order valence-corrected chi connectivity index (χ2v) is 5.56. The van der Waals surface area contributed by atoms with Gasteiger partial charge in [0.25, 0.3) is 5.91 Å². The second kappa shape index (κ2) is 9.60. The lowest BCUT2D eigenvalue weighted by Gasteiger charge is -2.10. The Hall–Kier alpha value is -2.49. The van der Waals surface area contributed by atoms with Gasteiger partial charge >= 0.3 is 0 Å². The smallest absolute Gasteiger partial charge is 0.255 e. The van der Waals surface area contributed by atoms with E-state index in [1.54, 1.807) is 12.1 Å². The lowest BCUT2D eigenvalue weighted by atomic mass is 10.2. The Bertz CT molecular complexity index is 655. The lowest BCUT2D eigenvalue weighted by molar-refractivity contribution is 0.102. The van der Waals surface area contributed by atoms with Crippen molar-refractivity contribution in [2.75, 3.05) is 18.5 Å². The molecule has 1 amide bonds. The first kappa shape index (κ1) is 17.9. The fourth-order valence-corrected chi connectivity index (χ4v) is 2.15. The first-order valence-corrected chi connectivity index (χ1v) is 8.50. The average Bonchev–Trinajstić information content (AvgIpc) is 2.61. The van der Waals surface area contributed by atoms with Gasteiger partial charge in [-0.1, -0.05) is 32.4 Å². The third kappa shape index (κ3) is 5.61. The Labute approximate surface area is 143 Å². The molecule has 0 saturated carbocycles. The number of ether oxygens (including phenoxy) is 2. The zero-order chi connectivity index (χ0) is 17.2. The molecule has 0 spiro atoms. The van der Waals surface area contributed by atoms with Crippen LogP contribution in [0.4, 0.5) is 5.69 Å². The summed E-state index contributed by atoms with van der Waals surface area (Å²) in [5, 5.41) is 2.90. The van der Waals surface area contributed by atoms with E-state index in [0.29, 0.717) is 24.5 Å². The predicted octanol–water partition coefficient (Wildman–Crippen LogP) is 4.91. The SMILES string of the molecule is CCCCOc1cccc(C(=O)Nc2cccc(OCCC)c2)c1. The lowest BCUT2D eigenvalue weighted by Crippen LogP contribution is -2.12. The van der Waals surface area contributed by atoms with Crippen molar-refractivity contribution in [3.8, 4) is 11.5 Å². The van der Waals surface area contributed by atoms with Crippen molar-refractivity contribution in [1.82, 2.24) is 0 Å². The molecular formula is C20H25NO3. The molecule has 2 rings (SSSR count). The van der Waals surface area contributed by atoms with Crippen LogP contribution in [0.15, 0.2) is 48.5 Å². The second-order valence-electron chi connectivity index (χ2n) is 5.56. The van der Waals surface area contributed by atoms with E-state index < -0.39 is 0 Å². The maximum absolute atomic E-state index is 12.4. The van der Waals surface area contributed by atoms with Crippen LogP contribution in [0.3, 0.4) is 0 Å². The number of hydrogen-bond acceptors (Lipinski definition) is 3. The number of carbonyl (C=O) groups excluding carboxylic acids is 1. The molecule has 0 aliphatic carbocycles. The molecule has 0 bridgehead atoms. The van der Waals surface area contributed by atoms with Gasteiger partial charge in [-0.25, -0.2) is 0 Å².